The molecule has 2 aromatic rings. The summed E-state index contributed by atoms with van der Waals surface area (Å²) < 4.78 is 25.8. The molecule has 2 amide bonds. The first-order valence-corrected chi connectivity index (χ1v) is 8.19. The molecule has 0 bridgehead atoms. The van der Waals surface area contributed by atoms with Crippen molar-refractivity contribution in [3.05, 3.63) is 59.9 Å². The number of anilines is 1. The molecule has 1 aromatic carbocycles. The van der Waals surface area contributed by atoms with Gasteiger partial charge in [-0.2, -0.15) is 0 Å². The van der Waals surface area contributed by atoms with Crippen molar-refractivity contribution in [3.8, 4) is 0 Å². The quantitative estimate of drug-likeness (QED) is 0.803. The molecule has 0 radical (unpaired) electrons. The van der Waals surface area contributed by atoms with Gasteiger partial charge in [-0.25, -0.2) is 8.78 Å². The molecule has 0 unspecified atom stereocenters. The summed E-state index contributed by atoms with van der Waals surface area (Å²) in [7, 11) is 0. The van der Waals surface area contributed by atoms with Crippen LogP contribution >= 0.6 is 11.8 Å². The van der Waals surface area contributed by atoms with Crippen molar-refractivity contribution in [2.45, 2.75) is 5.75 Å². The Bertz CT molecular complexity index is 714. The van der Waals surface area contributed by atoms with E-state index in [0.717, 1.165) is 17.8 Å². The van der Waals surface area contributed by atoms with E-state index in [0.29, 0.717) is 5.75 Å². The van der Waals surface area contributed by atoms with E-state index in [-0.39, 0.29) is 23.9 Å². The summed E-state index contributed by atoms with van der Waals surface area (Å²) in [5.74, 6) is -2.08. The number of nitrogens with one attached hydrogen (secondary N) is 2. The molecule has 1 aromatic heterocycles. The predicted molar refractivity (Wildman–Crippen MR) is 88.4 cm³/mol. The Hall–Kier alpha value is -2.48. The minimum atomic E-state index is -1.05. The van der Waals surface area contributed by atoms with Crippen molar-refractivity contribution in [1.29, 1.82) is 0 Å². The fourth-order valence-corrected chi connectivity index (χ4v) is 2.51. The summed E-state index contributed by atoms with van der Waals surface area (Å²) >= 11 is 1.38. The smallest absolute Gasteiger partial charge is 0.243 e. The highest BCUT2D eigenvalue weighted by atomic mass is 32.2. The second-order valence-corrected chi connectivity index (χ2v) is 5.75. The lowest BCUT2D eigenvalue weighted by Gasteiger charge is -2.07. The normalized spacial score (nSPS) is 10.2. The summed E-state index contributed by atoms with van der Waals surface area (Å²) in [6, 6.07) is 8.56. The van der Waals surface area contributed by atoms with Crippen LogP contribution in [0.4, 0.5) is 14.5 Å². The van der Waals surface area contributed by atoms with Crippen LogP contribution < -0.4 is 10.6 Å². The average Bonchev–Trinajstić information content (AvgIpc) is 2.57. The SMILES string of the molecule is O=C(CSCc1ccccn1)NCC(=O)Nc1ccc(F)c(F)c1. The van der Waals surface area contributed by atoms with Gasteiger partial charge in [-0.1, -0.05) is 6.07 Å². The third-order valence-corrected chi connectivity index (χ3v) is 3.82. The van der Waals surface area contributed by atoms with Gasteiger partial charge < -0.3 is 10.6 Å². The number of pyridine rings is 1. The number of rotatable bonds is 7. The lowest BCUT2D eigenvalue weighted by atomic mass is 10.3. The molecule has 0 saturated heterocycles. The lowest BCUT2D eigenvalue weighted by Crippen LogP contribution is -2.33. The monoisotopic (exact) mass is 351 g/mol. The Kier molecular flexibility index (Phi) is 6.68. The molecule has 1 heterocycles. The predicted octanol–water partition coefficient (Wildman–Crippen LogP) is 2.35. The summed E-state index contributed by atoms with van der Waals surface area (Å²) in [6.07, 6.45) is 1.68. The third-order valence-electron chi connectivity index (χ3n) is 2.86. The topological polar surface area (TPSA) is 71.1 Å². The number of thioether (sulfide) groups is 1. The summed E-state index contributed by atoms with van der Waals surface area (Å²) in [5, 5.41) is 4.83. The Morgan fingerprint density at radius 2 is 1.92 bits per heavy atom. The Balaban J connectivity index is 1.67. The zero-order valence-corrected chi connectivity index (χ0v) is 13.4. The number of carbonyl (C=O) groups excluding carboxylic acids is 2. The molecular formula is C16H15F2N3O2S. The van der Waals surface area contributed by atoms with Gasteiger partial charge in [0.2, 0.25) is 11.8 Å². The second-order valence-electron chi connectivity index (χ2n) is 4.77. The van der Waals surface area contributed by atoms with Gasteiger partial charge in [0.25, 0.3) is 0 Å². The molecule has 0 spiro atoms. The Labute approximate surface area is 141 Å². The minimum Gasteiger partial charge on any atom is -0.346 e. The molecule has 0 atom stereocenters. The number of amides is 2. The van der Waals surface area contributed by atoms with Crippen molar-refractivity contribution >= 4 is 29.3 Å². The van der Waals surface area contributed by atoms with Crippen LogP contribution in [0.3, 0.4) is 0 Å². The van der Waals surface area contributed by atoms with Gasteiger partial charge in [0, 0.05) is 23.7 Å². The highest BCUT2D eigenvalue weighted by Gasteiger charge is 2.08. The number of benzene rings is 1. The van der Waals surface area contributed by atoms with E-state index in [1.54, 1.807) is 6.20 Å². The van der Waals surface area contributed by atoms with Crippen LogP contribution in [0, 0.1) is 11.6 Å². The first-order chi connectivity index (χ1) is 11.5. The largest absolute Gasteiger partial charge is 0.346 e. The van der Waals surface area contributed by atoms with E-state index in [1.165, 1.54) is 17.8 Å². The van der Waals surface area contributed by atoms with Crippen molar-refractivity contribution in [3.63, 3.8) is 0 Å². The van der Waals surface area contributed by atoms with Crippen molar-refractivity contribution in [1.82, 2.24) is 10.3 Å². The molecule has 0 fully saturated rings. The van der Waals surface area contributed by atoms with Crippen LogP contribution in [0.1, 0.15) is 5.69 Å². The first kappa shape index (κ1) is 17.9. The molecule has 5 nitrogen and oxygen atoms in total. The average molecular weight is 351 g/mol. The third kappa shape index (κ3) is 5.96. The number of nitrogens with zero attached hydrogens (tertiary/aromatic N) is 1. The maximum Gasteiger partial charge on any atom is 0.243 e. The van der Waals surface area contributed by atoms with Gasteiger partial charge in [-0.3, -0.25) is 14.6 Å². The standard InChI is InChI=1S/C16H15F2N3O2S/c17-13-5-4-11(7-14(13)18)21-15(22)8-20-16(23)10-24-9-12-3-1-2-6-19-12/h1-7H,8-10H2,(H,20,23)(H,21,22). The fraction of sp³-hybridized carbons (Fsp3) is 0.188. The molecular weight excluding hydrogens is 336 g/mol. The van der Waals surface area contributed by atoms with E-state index in [2.05, 4.69) is 15.6 Å². The van der Waals surface area contributed by atoms with Crippen LogP contribution in [-0.4, -0.2) is 29.1 Å². The second kappa shape index (κ2) is 8.97. The first-order valence-electron chi connectivity index (χ1n) is 7.04. The zero-order chi connectivity index (χ0) is 17.4. The van der Waals surface area contributed by atoms with Crippen LogP contribution in [0.5, 0.6) is 0 Å². The van der Waals surface area contributed by atoms with Gasteiger partial charge in [-0.15, -0.1) is 11.8 Å². The van der Waals surface area contributed by atoms with Crippen molar-refractivity contribution < 1.29 is 18.4 Å². The van der Waals surface area contributed by atoms with Crippen LogP contribution in [-0.2, 0) is 15.3 Å². The molecule has 0 saturated carbocycles. The molecule has 126 valence electrons. The Morgan fingerprint density at radius 1 is 1.08 bits per heavy atom. The summed E-state index contributed by atoms with van der Waals surface area (Å²) in [6.45, 7) is -0.248. The Morgan fingerprint density at radius 3 is 2.62 bits per heavy atom. The summed E-state index contributed by atoms with van der Waals surface area (Å²) in [5.41, 5.74) is 0.990. The highest BCUT2D eigenvalue weighted by Crippen LogP contribution is 2.12. The lowest BCUT2D eigenvalue weighted by molar-refractivity contribution is -0.122. The van der Waals surface area contributed by atoms with Gasteiger partial charge in [0.15, 0.2) is 11.6 Å². The number of carbonyl (C=O) groups is 2. The molecule has 2 rings (SSSR count). The molecule has 24 heavy (non-hydrogen) atoms. The number of aromatic nitrogens is 1. The van der Waals surface area contributed by atoms with E-state index < -0.39 is 17.5 Å². The fourth-order valence-electron chi connectivity index (χ4n) is 1.74. The molecule has 2 N–H and O–H groups in total. The van der Waals surface area contributed by atoms with Crippen LogP contribution in [0.25, 0.3) is 0 Å². The molecule has 0 aliphatic heterocycles. The maximum atomic E-state index is 13.0. The highest BCUT2D eigenvalue weighted by molar-refractivity contribution is 7.99. The molecule has 0 aliphatic rings. The van der Waals surface area contributed by atoms with Crippen LogP contribution in [0.15, 0.2) is 42.6 Å². The summed E-state index contributed by atoms with van der Waals surface area (Å²) in [4.78, 5) is 27.4. The van der Waals surface area contributed by atoms with Crippen LogP contribution in [0.2, 0.25) is 0 Å². The van der Waals surface area contributed by atoms with E-state index in [9.17, 15) is 18.4 Å². The number of halogens is 2. The van der Waals surface area contributed by atoms with E-state index >= 15 is 0 Å². The van der Waals surface area contributed by atoms with E-state index in [4.69, 9.17) is 0 Å². The maximum absolute atomic E-state index is 13.0. The molecule has 8 heteroatoms. The van der Waals surface area contributed by atoms with Gasteiger partial charge >= 0.3 is 0 Å². The minimum absolute atomic E-state index is 0.123. The van der Waals surface area contributed by atoms with Gasteiger partial charge in [-0.05, 0) is 24.3 Å². The van der Waals surface area contributed by atoms with Crippen molar-refractivity contribution in [2.24, 2.45) is 0 Å². The van der Waals surface area contributed by atoms with Crippen molar-refractivity contribution in [2.75, 3.05) is 17.6 Å². The van der Waals surface area contributed by atoms with Gasteiger partial charge in [0.1, 0.15) is 0 Å². The number of hydrogen-bond acceptors (Lipinski definition) is 4. The zero-order valence-electron chi connectivity index (χ0n) is 12.6. The van der Waals surface area contributed by atoms with E-state index in [1.807, 2.05) is 18.2 Å². The number of hydrogen-bond donors (Lipinski definition) is 2. The van der Waals surface area contributed by atoms with Gasteiger partial charge in [0.05, 0.1) is 18.0 Å². The molecule has 0 aliphatic carbocycles.